The Kier molecular flexibility index (Phi) is 6.63. The molecule has 2 rings (SSSR count). The first-order chi connectivity index (χ1) is 12.5. The molecular weight excluding hydrogens is 378 g/mol. The number of carbonyl (C=O) groups excluding carboxylic acids is 1. The molecule has 0 aliphatic carbocycles. The Morgan fingerprint density at radius 3 is 2.54 bits per heavy atom. The minimum Gasteiger partial charge on any atom is -0.478 e. The average Bonchev–Trinajstić information content (AvgIpc) is 2.61. The van der Waals surface area contributed by atoms with E-state index in [0.29, 0.717) is 5.56 Å². The molecule has 0 aliphatic heterocycles. The number of nitriles is 1. The van der Waals surface area contributed by atoms with Crippen molar-refractivity contribution in [3.05, 3.63) is 63.4 Å². The predicted molar refractivity (Wildman–Crippen MR) is 99.4 cm³/mol. The molecule has 0 unspecified atom stereocenters. The maximum absolute atomic E-state index is 13.6. The summed E-state index contributed by atoms with van der Waals surface area (Å²) in [6.07, 6.45) is 6.40. The summed E-state index contributed by atoms with van der Waals surface area (Å²) in [5.74, 6) is 1.12. The lowest BCUT2D eigenvalue weighted by molar-refractivity contribution is -0.112. The molecule has 0 heterocycles. The van der Waals surface area contributed by atoms with E-state index in [1.54, 1.807) is 12.1 Å². The molecule has 7 heteroatoms. The fourth-order valence-corrected chi connectivity index (χ4v) is 2.60. The highest BCUT2D eigenvalue weighted by molar-refractivity contribution is 6.37. The largest absolute Gasteiger partial charge is 0.478 e. The second-order valence-corrected chi connectivity index (χ2v) is 5.72. The van der Waals surface area contributed by atoms with Gasteiger partial charge in [-0.1, -0.05) is 41.3 Å². The molecule has 0 saturated carbocycles. The minimum atomic E-state index is -0.766. The summed E-state index contributed by atoms with van der Waals surface area (Å²) in [6, 6.07) is 10.3. The molecule has 4 nitrogen and oxygen atoms in total. The van der Waals surface area contributed by atoms with Crippen LogP contribution in [0.5, 0.6) is 5.75 Å². The van der Waals surface area contributed by atoms with Crippen molar-refractivity contribution in [3.8, 4) is 24.2 Å². The lowest BCUT2D eigenvalue weighted by Crippen LogP contribution is -2.14. The fourth-order valence-electron chi connectivity index (χ4n) is 1.98. The van der Waals surface area contributed by atoms with Gasteiger partial charge in [0.1, 0.15) is 24.1 Å². The van der Waals surface area contributed by atoms with Crippen LogP contribution in [0.1, 0.15) is 5.56 Å². The van der Waals surface area contributed by atoms with Crippen LogP contribution in [0.2, 0.25) is 10.0 Å². The number of ether oxygens (including phenoxy) is 1. The zero-order valence-corrected chi connectivity index (χ0v) is 14.7. The average molecular weight is 389 g/mol. The van der Waals surface area contributed by atoms with Crippen molar-refractivity contribution in [2.24, 2.45) is 0 Å². The first-order valence-electron chi connectivity index (χ1n) is 7.19. The van der Waals surface area contributed by atoms with Crippen molar-refractivity contribution < 1.29 is 13.9 Å². The second kappa shape index (κ2) is 8.92. The summed E-state index contributed by atoms with van der Waals surface area (Å²) in [5.41, 5.74) is 0.110. The summed E-state index contributed by atoms with van der Waals surface area (Å²) in [4.78, 5) is 12.2. The molecule has 0 radical (unpaired) electrons. The van der Waals surface area contributed by atoms with Crippen molar-refractivity contribution in [1.82, 2.24) is 0 Å². The molecule has 0 spiro atoms. The number of nitrogens with one attached hydrogen (secondary N) is 1. The molecule has 0 bridgehead atoms. The highest BCUT2D eigenvalue weighted by atomic mass is 35.5. The Morgan fingerprint density at radius 2 is 1.96 bits per heavy atom. The number of amides is 1. The molecule has 2 aromatic rings. The van der Waals surface area contributed by atoms with E-state index in [1.807, 2.05) is 0 Å². The highest BCUT2D eigenvalue weighted by Crippen LogP contribution is 2.34. The molecule has 0 atom stereocenters. The predicted octanol–water partition coefficient (Wildman–Crippen LogP) is 4.69. The van der Waals surface area contributed by atoms with E-state index >= 15 is 0 Å². The molecule has 0 aromatic heterocycles. The third-order valence-corrected chi connectivity index (χ3v) is 3.68. The van der Waals surface area contributed by atoms with E-state index in [1.165, 1.54) is 36.4 Å². The summed E-state index contributed by atoms with van der Waals surface area (Å²) < 4.78 is 18.9. The Balaban J connectivity index is 2.28. The topological polar surface area (TPSA) is 62.1 Å². The van der Waals surface area contributed by atoms with Crippen LogP contribution in [-0.4, -0.2) is 12.5 Å². The number of benzene rings is 2. The van der Waals surface area contributed by atoms with E-state index in [2.05, 4.69) is 11.2 Å². The quantitative estimate of drug-likeness (QED) is 0.459. The van der Waals surface area contributed by atoms with Crippen molar-refractivity contribution in [2.45, 2.75) is 0 Å². The van der Waals surface area contributed by atoms with Crippen molar-refractivity contribution in [3.63, 3.8) is 0 Å². The SMILES string of the molecule is C#CCOc1c(Cl)cc(/C=C(/C#N)C(=O)Nc2ccccc2F)cc1Cl. The molecule has 1 N–H and O–H groups in total. The first kappa shape index (κ1) is 19.3. The zero-order chi connectivity index (χ0) is 19.1. The Labute approximate surface area is 159 Å². The number of halogens is 3. The van der Waals surface area contributed by atoms with Crippen LogP contribution < -0.4 is 10.1 Å². The van der Waals surface area contributed by atoms with Gasteiger partial charge in [-0.05, 0) is 35.9 Å². The highest BCUT2D eigenvalue weighted by Gasteiger charge is 2.14. The van der Waals surface area contributed by atoms with Gasteiger partial charge in [0.2, 0.25) is 0 Å². The van der Waals surface area contributed by atoms with Crippen molar-refractivity contribution in [1.29, 1.82) is 5.26 Å². The second-order valence-electron chi connectivity index (χ2n) is 4.91. The van der Waals surface area contributed by atoms with Gasteiger partial charge in [0.25, 0.3) is 5.91 Å². The molecule has 2 aromatic carbocycles. The summed E-state index contributed by atoms with van der Waals surface area (Å²) in [7, 11) is 0. The van der Waals surface area contributed by atoms with Gasteiger partial charge >= 0.3 is 0 Å². The Hall–Kier alpha value is -2.99. The Morgan fingerprint density at radius 1 is 1.31 bits per heavy atom. The molecule has 0 saturated heterocycles. The van der Waals surface area contributed by atoms with Gasteiger partial charge in [0.15, 0.2) is 5.75 Å². The molecule has 26 heavy (non-hydrogen) atoms. The standard InChI is InChI=1S/C19H11Cl2FN2O2/c1-2-7-26-18-14(20)9-12(10-15(18)21)8-13(11-23)19(25)24-17-6-4-3-5-16(17)22/h1,3-6,8-10H,7H2,(H,24,25)/b13-8-. The number of rotatable bonds is 5. The van der Waals surface area contributed by atoms with Crippen LogP contribution in [0.4, 0.5) is 10.1 Å². The van der Waals surface area contributed by atoms with E-state index in [0.717, 1.165) is 0 Å². The number of carbonyl (C=O) groups is 1. The Bertz CT molecular complexity index is 936. The van der Waals surface area contributed by atoms with Crippen molar-refractivity contribution in [2.75, 3.05) is 11.9 Å². The van der Waals surface area contributed by atoms with Gasteiger partial charge in [0, 0.05) is 0 Å². The minimum absolute atomic E-state index is 0.0108. The van der Waals surface area contributed by atoms with Gasteiger partial charge in [-0.25, -0.2) is 4.39 Å². The molecule has 1 amide bonds. The third kappa shape index (κ3) is 4.77. The number of anilines is 1. The van der Waals surface area contributed by atoms with Gasteiger partial charge in [-0.3, -0.25) is 4.79 Å². The lowest BCUT2D eigenvalue weighted by Gasteiger charge is -2.09. The fraction of sp³-hybridized carbons (Fsp3) is 0.0526. The number of hydrogen-bond acceptors (Lipinski definition) is 3. The van der Waals surface area contributed by atoms with Gasteiger partial charge in [-0.2, -0.15) is 5.26 Å². The van der Waals surface area contributed by atoms with E-state index < -0.39 is 11.7 Å². The number of nitrogens with zero attached hydrogens (tertiary/aromatic N) is 1. The smallest absolute Gasteiger partial charge is 0.266 e. The van der Waals surface area contributed by atoms with Crippen LogP contribution in [0.25, 0.3) is 6.08 Å². The molecule has 0 fully saturated rings. The molecule has 0 aliphatic rings. The van der Waals surface area contributed by atoms with Gasteiger partial charge in [0.05, 0.1) is 15.7 Å². The summed E-state index contributed by atoms with van der Waals surface area (Å²) in [5, 5.41) is 11.9. The normalized spacial score (nSPS) is 10.6. The van der Waals surface area contributed by atoms with Crippen LogP contribution in [0.15, 0.2) is 42.0 Å². The van der Waals surface area contributed by atoms with Crippen LogP contribution in [-0.2, 0) is 4.79 Å². The maximum atomic E-state index is 13.6. The number of hydrogen-bond donors (Lipinski definition) is 1. The maximum Gasteiger partial charge on any atom is 0.266 e. The van der Waals surface area contributed by atoms with Crippen LogP contribution in [0, 0.1) is 29.5 Å². The lowest BCUT2D eigenvalue weighted by atomic mass is 10.1. The summed E-state index contributed by atoms with van der Waals surface area (Å²) >= 11 is 12.2. The molecular formula is C19H11Cl2FN2O2. The number of para-hydroxylation sites is 1. The monoisotopic (exact) mass is 388 g/mol. The van der Waals surface area contributed by atoms with Gasteiger partial charge < -0.3 is 10.1 Å². The zero-order valence-electron chi connectivity index (χ0n) is 13.2. The molecule has 130 valence electrons. The number of terminal acetylenes is 1. The van der Waals surface area contributed by atoms with Gasteiger partial charge in [-0.15, -0.1) is 6.42 Å². The van der Waals surface area contributed by atoms with E-state index in [4.69, 9.17) is 34.4 Å². The first-order valence-corrected chi connectivity index (χ1v) is 7.95. The summed E-state index contributed by atoms with van der Waals surface area (Å²) in [6.45, 7) is -0.0108. The van der Waals surface area contributed by atoms with E-state index in [9.17, 15) is 14.4 Å². The third-order valence-electron chi connectivity index (χ3n) is 3.12. The van der Waals surface area contributed by atoms with Crippen molar-refractivity contribution >= 4 is 40.9 Å². The van der Waals surface area contributed by atoms with Crippen LogP contribution in [0.3, 0.4) is 0 Å². The van der Waals surface area contributed by atoms with E-state index in [-0.39, 0.29) is 33.7 Å². The van der Waals surface area contributed by atoms with Crippen LogP contribution >= 0.6 is 23.2 Å².